The van der Waals surface area contributed by atoms with Crippen LogP contribution in [0.5, 0.6) is 0 Å². The number of para-hydroxylation sites is 1. The summed E-state index contributed by atoms with van der Waals surface area (Å²) in [6, 6.07) is 25.3. The predicted octanol–water partition coefficient (Wildman–Crippen LogP) is 4.87. The van der Waals surface area contributed by atoms with Gasteiger partial charge in [-0.3, -0.25) is 4.90 Å². The highest BCUT2D eigenvalue weighted by molar-refractivity contribution is 7.89. The quantitative estimate of drug-likeness (QED) is 0.281. The summed E-state index contributed by atoms with van der Waals surface area (Å²) in [6.45, 7) is 8.24. The number of aromatic nitrogens is 2. The molecular formula is C30H35N5O3S. The van der Waals surface area contributed by atoms with Crippen LogP contribution < -0.4 is 4.90 Å². The topological polar surface area (TPSA) is 78.9 Å². The van der Waals surface area contributed by atoms with Gasteiger partial charge in [0.05, 0.1) is 16.5 Å². The second-order valence-electron chi connectivity index (χ2n) is 9.52. The van der Waals surface area contributed by atoms with Crippen LogP contribution in [-0.2, 0) is 14.8 Å². The summed E-state index contributed by atoms with van der Waals surface area (Å²) < 4.78 is 35.1. The highest BCUT2D eigenvalue weighted by Crippen LogP contribution is 2.31. The van der Waals surface area contributed by atoms with Crippen LogP contribution in [0.4, 0.5) is 11.5 Å². The molecule has 1 aliphatic rings. The third-order valence-electron chi connectivity index (χ3n) is 7.16. The molecule has 1 unspecified atom stereocenters. The molecule has 8 nitrogen and oxygen atoms in total. The van der Waals surface area contributed by atoms with Crippen LogP contribution >= 0.6 is 0 Å². The first-order valence-corrected chi connectivity index (χ1v) is 14.9. The van der Waals surface area contributed by atoms with Crippen LogP contribution in [0, 0.1) is 0 Å². The zero-order valence-electron chi connectivity index (χ0n) is 22.5. The van der Waals surface area contributed by atoms with Crippen molar-refractivity contribution in [1.82, 2.24) is 19.2 Å². The number of rotatable bonds is 10. The van der Waals surface area contributed by atoms with Crippen molar-refractivity contribution in [3.05, 3.63) is 90.8 Å². The standard InChI is InChI=1S/C30H35N5O3S/c1-3-35(25-13-9-6-10-14-25)30-27-21-26(15-16-28(27)31-23-32-30)39(36,37)34-19-17-33(18-20-34)22-29(38-4-2)24-11-7-5-8-12-24/h5-16,21,23,29H,3-4,17-20,22H2,1-2H3. The highest BCUT2D eigenvalue weighted by atomic mass is 32.2. The van der Waals surface area contributed by atoms with E-state index in [1.807, 2.05) is 55.5 Å². The van der Waals surface area contributed by atoms with E-state index >= 15 is 0 Å². The summed E-state index contributed by atoms with van der Waals surface area (Å²) in [4.78, 5) is 13.6. The van der Waals surface area contributed by atoms with E-state index in [1.165, 1.54) is 6.33 Å². The monoisotopic (exact) mass is 545 g/mol. The lowest BCUT2D eigenvalue weighted by molar-refractivity contribution is 0.0249. The van der Waals surface area contributed by atoms with Crippen LogP contribution in [0.3, 0.4) is 0 Å². The van der Waals surface area contributed by atoms with E-state index in [0.717, 1.165) is 17.8 Å². The highest BCUT2D eigenvalue weighted by Gasteiger charge is 2.30. The summed E-state index contributed by atoms with van der Waals surface area (Å²) in [5.74, 6) is 0.693. The zero-order valence-corrected chi connectivity index (χ0v) is 23.3. The normalized spacial score (nSPS) is 15.8. The van der Waals surface area contributed by atoms with Gasteiger partial charge in [-0.2, -0.15) is 4.31 Å². The van der Waals surface area contributed by atoms with Gasteiger partial charge in [-0.1, -0.05) is 48.5 Å². The van der Waals surface area contributed by atoms with Gasteiger partial charge in [-0.25, -0.2) is 18.4 Å². The second kappa shape index (κ2) is 12.2. The molecule has 1 fully saturated rings. The Morgan fingerprint density at radius 1 is 0.897 bits per heavy atom. The van der Waals surface area contributed by atoms with Crippen molar-refractivity contribution in [2.75, 3.05) is 50.8 Å². The molecule has 3 aromatic carbocycles. The molecular weight excluding hydrogens is 510 g/mol. The van der Waals surface area contributed by atoms with Crippen molar-refractivity contribution < 1.29 is 13.2 Å². The first-order valence-electron chi connectivity index (χ1n) is 13.5. The molecule has 1 saturated heterocycles. The van der Waals surface area contributed by atoms with E-state index in [4.69, 9.17) is 4.74 Å². The van der Waals surface area contributed by atoms with E-state index in [1.54, 1.807) is 22.5 Å². The number of nitrogens with zero attached hydrogens (tertiary/aromatic N) is 5. The SMILES string of the molecule is CCOC(CN1CCN(S(=O)(=O)c2ccc3ncnc(N(CC)c4ccccc4)c3c2)CC1)c1ccccc1. The maximum Gasteiger partial charge on any atom is 0.243 e. The fourth-order valence-electron chi connectivity index (χ4n) is 5.12. The van der Waals surface area contributed by atoms with Gasteiger partial charge in [0.2, 0.25) is 10.0 Å². The summed E-state index contributed by atoms with van der Waals surface area (Å²) in [5.41, 5.74) is 2.84. The molecule has 0 aliphatic carbocycles. The molecule has 5 rings (SSSR count). The summed E-state index contributed by atoms with van der Waals surface area (Å²) >= 11 is 0. The molecule has 0 spiro atoms. The van der Waals surface area contributed by atoms with Crippen LogP contribution in [0.1, 0.15) is 25.5 Å². The van der Waals surface area contributed by atoms with Crippen molar-refractivity contribution in [2.45, 2.75) is 24.8 Å². The van der Waals surface area contributed by atoms with Crippen molar-refractivity contribution >= 4 is 32.4 Å². The van der Waals surface area contributed by atoms with Crippen LogP contribution in [0.15, 0.2) is 90.1 Å². The van der Waals surface area contributed by atoms with E-state index in [-0.39, 0.29) is 11.0 Å². The lowest BCUT2D eigenvalue weighted by Crippen LogP contribution is -2.49. The Hall–Kier alpha value is -3.37. The number of hydrogen-bond acceptors (Lipinski definition) is 7. The largest absolute Gasteiger partial charge is 0.372 e. The van der Waals surface area contributed by atoms with E-state index in [9.17, 15) is 8.42 Å². The van der Waals surface area contributed by atoms with Crippen LogP contribution in [-0.4, -0.2) is 73.5 Å². The van der Waals surface area contributed by atoms with Crippen molar-refractivity contribution in [2.24, 2.45) is 0 Å². The predicted molar refractivity (Wildman–Crippen MR) is 155 cm³/mol. The number of benzene rings is 3. The Kier molecular flexibility index (Phi) is 8.52. The number of fused-ring (bicyclic) bond motifs is 1. The summed E-state index contributed by atoms with van der Waals surface area (Å²) in [7, 11) is -3.68. The lowest BCUT2D eigenvalue weighted by Gasteiger charge is -2.35. The number of piperazine rings is 1. The summed E-state index contributed by atoms with van der Waals surface area (Å²) in [5, 5.41) is 0.713. The maximum atomic E-state index is 13.7. The van der Waals surface area contributed by atoms with Gasteiger partial charge in [0.1, 0.15) is 12.1 Å². The molecule has 1 aromatic heterocycles. The lowest BCUT2D eigenvalue weighted by atomic mass is 10.1. The zero-order chi connectivity index (χ0) is 27.2. The summed E-state index contributed by atoms with van der Waals surface area (Å²) in [6.07, 6.45) is 1.49. The molecule has 0 radical (unpaired) electrons. The molecule has 2 heterocycles. The first kappa shape index (κ1) is 27.2. The van der Waals surface area contributed by atoms with Crippen LogP contribution in [0.25, 0.3) is 10.9 Å². The molecule has 0 saturated carbocycles. The smallest absolute Gasteiger partial charge is 0.243 e. The van der Waals surface area contributed by atoms with Gasteiger partial charge < -0.3 is 9.64 Å². The Morgan fingerprint density at radius 2 is 1.59 bits per heavy atom. The minimum absolute atomic E-state index is 0.0376. The molecule has 1 atom stereocenters. The molecule has 0 bridgehead atoms. The number of hydrogen-bond donors (Lipinski definition) is 0. The average Bonchev–Trinajstić information content (AvgIpc) is 2.98. The second-order valence-corrected chi connectivity index (χ2v) is 11.5. The van der Waals surface area contributed by atoms with Gasteiger partial charge in [0.25, 0.3) is 0 Å². The van der Waals surface area contributed by atoms with Gasteiger partial charge in [-0.05, 0) is 49.7 Å². The van der Waals surface area contributed by atoms with Gasteiger partial charge in [0, 0.05) is 56.9 Å². The average molecular weight is 546 g/mol. The Balaban J connectivity index is 1.34. The molecule has 39 heavy (non-hydrogen) atoms. The van der Waals surface area contributed by atoms with Crippen molar-refractivity contribution in [3.8, 4) is 0 Å². The minimum Gasteiger partial charge on any atom is -0.372 e. The van der Waals surface area contributed by atoms with E-state index in [2.05, 4.69) is 38.8 Å². The van der Waals surface area contributed by atoms with Crippen molar-refractivity contribution in [1.29, 1.82) is 0 Å². The molecule has 0 N–H and O–H groups in total. The van der Waals surface area contributed by atoms with Gasteiger partial charge in [-0.15, -0.1) is 0 Å². The number of sulfonamides is 1. The fraction of sp³-hybridized carbons (Fsp3) is 0.333. The van der Waals surface area contributed by atoms with Crippen molar-refractivity contribution in [3.63, 3.8) is 0 Å². The Bertz CT molecular complexity index is 1480. The van der Waals surface area contributed by atoms with Gasteiger partial charge in [0.15, 0.2) is 0 Å². The first-order chi connectivity index (χ1) is 19.0. The Labute approximate surface area is 230 Å². The minimum atomic E-state index is -3.68. The molecule has 4 aromatic rings. The Morgan fingerprint density at radius 3 is 2.26 bits per heavy atom. The molecule has 1 aliphatic heterocycles. The number of ether oxygens (including phenoxy) is 1. The third-order valence-corrected chi connectivity index (χ3v) is 9.05. The molecule has 9 heteroatoms. The molecule has 0 amide bonds. The van der Waals surface area contributed by atoms with E-state index < -0.39 is 10.0 Å². The fourth-order valence-corrected chi connectivity index (χ4v) is 6.57. The van der Waals surface area contributed by atoms with Crippen LogP contribution in [0.2, 0.25) is 0 Å². The van der Waals surface area contributed by atoms with E-state index in [0.29, 0.717) is 56.1 Å². The third kappa shape index (κ3) is 5.96. The molecule has 204 valence electrons. The number of anilines is 2. The van der Waals surface area contributed by atoms with Gasteiger partial charge >= 0.3 is 0 Å². The maximum absolute atomic E-state index is 13.7.